The molecule has 1 aliphatic carbocycles. The summed E-state index contributed by atoms with van der Waals surface area (Å²) in [6, 6.07) is 6.25. The predicted octanol–water partition coefficient (Wildman–Crippen LogP) is 3.19. The molecule has 7 nitrogen and oxygen atoms in total. The number of rotatable bonds is 8. The molecule has 1 N–H and O–H groups in total. The highest BCUT2D eigenvalue weighted by Crippen LogP contribution is 2.30. The molecule has 1 aliphatic heterocycles. The van der Waals surface area contributed by atoms with E-state index in [1.165, 1.54) is 25.7 Å². The number of nitrogens with zero attached hydrogens (tertiary/aromatic N) is 3. The van der Waals surface area contributed by atoms with Crippen molar-refractivity contribution in [1.82, 2.24) is 20.0 Å². The molecule has 0 radical (unpaired) electrons. The highest BCUT2D eigenvalue weighted by molar-refractivity contribution is 5.97. The van der Waals surface area contributed by atoms with Gasteiger partial charge in [0.25, 0.3) is 5.91 Å². The number of aryl methyl sites for hydroxylation is 1. The molecule has 1 amide bonds. The average Bonchev–Trinajstić information content (AvgIpc) is 3.46. The molecule has 2 aliphatic rings. The fraction of sp³-hybridized carbons (Fsp3) is 0.583. The molecule has 0 spiro atoms. The maximum Gasteiger partial charge on any atom is 0.255 e. The Morgan fingerprint density at radius 1 is 1.19 bits per heavy atom. The number of aromatic nitrogens is 2. The van der Waals surface area contributed by atoms with Crippen molar-refractivity contribution in [2.45, 2.75) is 57.1 Å². The second kappa shape index (κ2) is 10.2. The second-order valence-corrected chi connectivity index (χ2v) is 8.68. The number of benzene rings is 1. The standard InChI is InChI=1S/C24H34N4O3/c1-27-17-18(16-26-27)9-12-25-24(29)22-15-21(30-2)7-8-23(22)31-20-10-13-28(14-11-20)19-5-3-4-6-19/h7-8,15-17,19-20H,3-6,9-14H2,1-2H3,(H,25,29). The molecule has 0 atom stereocenters. The highest BCUT2D eigenvalue weighted by atomic mass is 16.5. The van der Waals surface area contributed by atoms with E-state index in [2.05, 4.69) is 15.3 Å². The van der Waals surface area contributed by atoms with Crippen molar-refractivity contribution in [2.75, 3.05) is 26.7 Å². The molecule has 1 aromatic carbocycles. The molecule has 2 fully saturated rings. The lowest BCUT2D eigenvalue weighted by Crippen LogP contribution is -2.43. The SMILES string of the molecule is COc1ccc(OC2CCN(C3CCCC3)CC2)c(C(=O)NCCc2cnn(C)c2)c1. The number of piperidine rings is 1. The number of ether oxygens (including phenoxy) is 2. The van der Waals surface area contributed by atoms with Gasteiger partial charge in [-0.3, -0.25) is 9.48 Å². The summed E-state index contributed by atoms with van der Waals surface area (Å²) in [5.41, 5.74) is 1.63. The van der Waals surface area contributed by atoms with Crippen LogP contribution in [0.1, 0.15) is 54.4 Å². The second-order valence-electron chi connectivity index (χ2n) is 8.68. The van der Waals surface area contributed by atoms with Crippen LogP contribution < -0.4 is 14.8 Å². The van der Waals surface area contributed by atoms with Crippen molar-refractivity contribution >= 4 is 5.91 Å². The van der Waals surface area contributed by atoms with Gasteiger partial charge in [0, 0.05) is 38.9 Å². The Morgan fingerprint density at radius 2 is 1.97 bits per heavy atom. The van der Waals surface area contributed by atoms with E-state index in [9.17, 15) is 4.79 Å². The number of carbonyl (C=O) groups excluding carboxylic acids is 1. The normalized spacial score (nSPS) is 18.3. The Hall–Kier alpha value is -2.54. The van der Waals surface area contributed by atoms with E-state index in [-0.39, 0.29) is 12.0 Å². The van der Waals surface area contributed by atoms with E-state index in [0.717, 1.165) is 44.0 Å². The Balaban J connectivity index is 1.35. The molecule has 168 valence electrons. The first kappa shape index (κ1) is 21.7. The van der Waals surface area contributed by atoms with Gasteiger partial charge in [-0.2, -0.15) is 5.10 Å². The number of likely N-dealkylation sites (tertiary alicyclic amines) is 1. The van der Waals surface area contributed by atoms with E-state index in [1.807, 2.05) is 31.6 Å². The number of amides is 1. The van der Waals surface area contributed by atoms with Crippen LogP contribution in [-0.2, 0) is 13.5 Å². The minimum Gasteiger partial charge on any atom is -0.497 e. The van der Waals surface area contributed by atoms with E-state index in [4.69, 9.17) is 9.47 Å². The van der Waals surface area contributed by atoms with Gasteiger partial charge >= 0.3 is 0 Å². The number of carbonyl (C=O) groups is 1. The van der Waals surface area contributed by atoms with Gasteiger partial charge in [-0.1, -0.05) is 12.8 Å². The maximum atomic E-state index is 12.9. The van der Waals surface area contributed by atoms with E-state index in [1.54, 1.807) is 17.9 Å². The zero-order valence-electron chi connectivity index (χ0n) is 18.7. The molecule has 7 heteroatoms. The largest absolute Gasteiger partial charge is 0.497 e. The summed E-state index contributed by atoms with van der Waals surface area (Å²) in [6.45, 7) is 2.71. The third-order valence-corrected chi connectivity index (χ3v) is 6.50. The maximum absolute atomic E-state index is 12.9. The quantitative estimate of drug-likeness (QED) is 0.702. The minimum absolute atomic E-state index is 0.138. The summed E-state index contributed by atoms with van der Waals surface area (Å²) in [6.07, 6.45) is 12.1. The van der Waals surface area contributed by atoms with Crippen LogP contribution in [-0.4, -0.2) is 59.5 Å². The fourth-order valence-electron chi connectivity index (χ4n) is 4.74. The summed E-state index contributed by atoms with van der Waals surface area (Å²) < 4.78 is 13.4. The molecule has 1 saturated heterocycles. The molecule has 1 aromatic heterocycles. The van der Waals surface area contributed by atoms with E-state index in [0.29, 0.717) is 23.6 Å². The van der Waals surface area contributed by atoms with Crippen LogP contribution in [0.3, 0.4) is 0 Å². The lowest BCUT2D eigenvalue weighted by atomic mass is 10.0. The number of hydrogen-bond acceptors (Lipinski definition) is 5. The predicted molar refractivity (Wildman–Crippen MR) is 120 cm³/mol. The van der Waals surface area contributed by atoms with Crippen molar-refractivity contribution in [3.63, 3.8) is 0 Å². The van der Waals surface area contributed by atoms with Gasteiger partial charge in [0.1, 0.15) is 17.6 Å². The Bertz CT molecular complexity index is 867. The molecule has 2 heterocycles. The first-order valence-corrected chi connectivity index (χ1v) is 11.5. The van der Waals surface area contributed by atoms with Crippen LogP contribution in [0.15, 0.2) is 30.6 Å². The molecule has 1 saturated carbocycles. The molecule has 31 heavy (non-hydrogen) atoms. The van der Waals surface area contributed by atoms with Gasteiger partial charge in [0.2, 0.25) is 0 Å². The zero-order chi connectivity index (χ0) is 21.6. The van der Waals surface area contributed by atoms with Crippen molar-refractivity contribution in [2.24, 2.45) is 7.05 Å². The molecule has 2 aromatic rings. The van der Waals surface area contributed by atoms with E-state index >= 15 is 0 Å². The monoisotopic (exact) mass is 426 g/mol. The lowest BCUT2D eigenvalue weighted by molar-refractivity contribution is 0.0750. The number of nitrogens with one attached hydrogen (secondary N) is 1. The third kappa shape index (κ3) is 5.58. The zero-order valence-corrected chi connectivity index (χ0v) is 18.7. The first-order chi connectivity index (χ1) is 15.1. The topological polar surface area (TPSA) is 68.6 Å². The van der Waals surface area contributed by atoms with Gasteiger partial charge in [0.15, 0.2) is 0 Å². The minimum atomic E-state index is -0.138. The van der Waals surface area contributed by atoms with Gasteiger partial charge in [0.05, 0.1) is 18.9 Å². The Labute approximate surface area is 184 Å². The van der Waals surface area contributed by atoms with Gasteiger partial charge in [-0.25, -0.2) is 0 Å². The highest BCUT2D eigenvalue weighted by Gasteiger charge is 2.28. The van der Waals surface area contributed by atoms with Crippen LogP contribution >= 0.6 is 0 Å². The number of hydrogen-bond donors (Lipinski definition) is 1. The average molecular weight is 427 g/mol. The van der Waals surface area contributed by atoms with Crippen LogP contribution in [0, 0.1) is 0 Å². The number of methoxy groups -OCH3 is 1. The van der Waals surface area contributed by atoms with Crippen molar-refractivity contribution in [3.8, 4) is 11.5 Å². The summed E-state index contributed by atoms with van der Waals surface area (Å²) in [4.78, 5) is 15.6. The van der Waals surface area contributed by atoms with Crippen LogP contribution in [0.4, 0.5) is 0 Å². The smallest absolute Gasteiger partial charge is 0.255 e. The Kier molecular flexibility index (Phi) is 7.12. The van der Waals surface area contributed by atoms with Gasteiger partial charge in [-0.05, 0) is 55.9 Å². The Morgan fingerprint density at radius 3 is 2.65 bits per heavy atom. The molecule has 0 unspecified atom stereocenters. The summed E-state index contributed by atoms with van der Waals surface area (Å²) in [7, 11) is 3.50. The summed E-state index contributed by atoms with van der Waals surface area (Å²) >= 11 is 0. The molecule has 4 rings (SSSR count). The van der Waals surface area contributed by atoms with Crippen LogP contribution in [0.25, 0.3) is 0 Å². The van der Waals surface area contributed by atoms with E-state index < -0.39 is 0 Å². The molecular formula is C24H34N4O3. The first-order valence-electron chi connectivity index (χ1n) is 11.5. The fourth-order valence-corrected chi connectivity index (χ4v) is 4.74. The van der Waals surface area contributed by atoms with Crippen molar-refractivity contribution < 1.29 is 14.3 Å². The van der Waals surface area contributed by atoms with Gasteiger partial charge in [-0.15, -0.1) is 0 Å². The van der Waals surface area contributed by atoms with Gasteiger partial charge < -0.3 is 19.7 Å². The lowest BCUT2D eigenvalue weighted by Gasteiger charge is -2.36. The van der Waals surface area contributed by atoms with Crippen molar-refractivity contribution in [1.29, 1.82) is 0 Å². The third-order valence-electron chi connectivity index (χ3n) is 6.50. The summed E-state index contributed by atoms with van der Waals surface area (Å²) in [5.74, 6) is 1.15. The molecule has 0 bridgehead atoms. The summed E-state index contributed by atoms with van der Waals surface area (Å²) in [5, 5.41) is 7.18. The van der Waals surface area contributed by atoms with Crippen LogP contribution in [0.2, 0.25) is 0 Å². The van der Waals surface area contributed by atoms with Crippen molar-refractivity contribution in [3.05, 3.63) is 41.7 Å². The van der Waals surface area contributed by atoms with Crippen LogP contribution in [0.5, 0.6) is 11.5 Å². The molecular weight excluding hydrogens is 392 g/mol.